The van der Waals surface area contributed by atoms with Crippen molar-refractivity contribution in [3.63, 3.8) is 0 Å². The molecule has 0 radical (unpaired) electrons. The monoisotopic (exact) mass is 412 g/mol. The summed E-state index contributed by atoms with van der Waals surface area (Å²) in [6, 6.07) is 9.33. The summed E-state index contributed by atoms with van der Waals surface area (Å²) in [5, 5.41) is 5.88. The van der Waals surface area contributed by atoms with Crippen LogP contribution in [0.4, 0.5) is 5.95 Å². The van der Waals surface area contributed by atoms with Gasteiger partial charge >= 0.3 is 0 Å². The average molecular weight is 412 g/mol. The van der Waals surface area contributed by atoms with E-state index in [2.05, 4.69) is 43.2 Å². The van der Waals surface area contributed by atoms with Gasteiger partial charge in [-0.3, -0.25) is 4.79 Å². The van der Waals surface area contributed by atoms with Crippen molar-refractivity contribution in [2.24, 2.45) is 0 Å². The quantitative estimate of drug-likeness (QED) is 0.513. The van der Waals surface area contributed by atoms with E-state index in [9.17, 15) is 4.79 Å². The van der Waals surface area contributed by atoms with Gasteiger partial charge in [0.1, 0.15) is 5.75 Å². The highest BCUT2D eigenvalue weighted by atomic mass is 127. The van der Waals surface area contributed by atoms with Crippen LogP contribution in [-0.4, -0.2) is 35.6 Å². The molecule has 116 valence electrons. The molecule has 0 fully saturated rings. The molecule has 0 atom stereocenters. The molecule has 0 saturated carbocycles. The Morgan fingerprint density at radius 3 is 2.59 bits per heavy atom. The van der Waals surface area contributed by atoms with Gasteiger partial charge < -0.3 is 15.4 Å². The van der Waals surface area contributed by atoms with Crippen molar-refractivity contribution in [3.8, 4) is 5.75 Å². The minimum absolute atomic E-state index is 0.0236. The first-order chi connectivity index (χ1) is 10.7. The molecule has 1 aromatic carbocycles. The molecular weight excluding hydrogens is 395 g/mol. The predicted octanol–water partition coefficient (Wildman–Crippen LogP) is 2.08. The molecule has 1 aromatic heterocycles. The van der Waals surface area contributed by atoms with E-state index < -0.39 is 0 Å². The zero-order valence-electron chi connectivity index (χ0n) is 12.0. The molecule has 0 aliphatic carbocycles. The minimum atomic E-state index is -0.130. The molecule has 0 aliphatic rings. The molecule has 0 bridgehead atoms. The van der Waals surface area contributed by atoms with Crippen LogP contribution in [0.25, 0.3) is 0 Å². The summed E-state index contributed by atoms with van der Waals surface area (Å²) in [7, 11) is 0. The lowest BCUT2D eigenvalue weighted by molar-refractivity contribution is -0.123. The summed E-state index contributed by atoms with van der Waals surface area (Å²) < 4.78 is 6.53. The van der Waals surface area contributed by atoms with Crippen LogP contribution in [0.3, 0.4) is 0 Å². The number of ether oxygens (including phenoxy) is 1. The van der Waals surface area contributed by atoms with Gasteiger partial charge in [0.25, 0.3) is 5.91 Å². The highest BCUT2D eigenvalue weighted by molar-refractivity contribution is 14.1. The summed E-state index contributed by atoms with van der Waals surface area (Å²) in [4.78, 5) is 19.7. The van der Waals surface area contributed by atoms with Crippen molar-refractivity contribution in [3.05, 3.63) is 46.3 Å². The summed E-state index contributed by atoms with van der Waals surface area (Å²) in [5.41, 5.74) is 0. The number of carbonyl (C=O) groups is 1. The van der Waals surface area contributed by atoms with Crippen molar-refractivity contribution in [1.82, 2.24) is 15.3 Å². The fourth-order valence-corrected chi connectivity index (χ4v) is 2.00. The van der Waals surface area contributed by atoms with Crippen molar-refractivity contribution in [2.45, 2.75) is 6.42 Å². The zero-order valence-corrected chi connectivity index (χ0v) is 14.1. The van der Waals surface area contributed by atoms with Gasteiger partial charge in [0.05, 0.1) is 0 Å². The second kappa shape index (κ2) is 9.19. The molecule has 7 heteroatoms. The Labute approximate surface area is 142 Å². The van der Waals surface area contributed by atoms with E-state index in [-0.39, 0.29) is 12.5 Å². The van der Waals surface area contributed by atoms with E-state index in [1.165, 1.54) is 0 Å². The Morgan fingerprint density at radius 2 is 1.86 bits per heavy atom. The van der Waals surface area contributed by atoms with Gasteiger partial charge in [-0.05, 0) is 59.3 Å². The maximum Gasteiger partial charge on any atom is 0.257 e. The first-order valence-electron chi connectivity index (χ1n) is 6.90. The number of benzene rings is 1. The van der Waals surface area contributed by atoms with Crippen LogP contribution in [0, 0.1) is 3.57 Å². The highest BCUT2D eigenvalue weighted by Crippen LogP contribution is 2.13. The molecule has 2 N–H and O–H groups in total. The van der Waals surface area contributed by atoms with E-state index >= 15 is 0 Å². The smallest absolute Gasteiger partial charge is 0.257 e. The number of amides is 1. The zero-order chi connectivity index (χ0) is 15.6. The number of nitrogens with zero attached hydrogens (tertiary/aromatic N) is 2. The second-order valence-corrected chi connectivity index (χ2v) is 5.69. The van der Waals surface area contributed by atoms with E-state index in [0.29, 0.717) is 24.8 Å². The fourth-order valence-electron chi connectivity index (χ4n) is 1.64. The topological polar surface area (TPSA) is 76.1 Å². The average Bonchev–Trinajstić information content (AvgIpc) is 2.55. The summed E-state index contributed by atoms with van der Waals surface area (Å²) in [5.74, 6) is 1.16. The number of carbonyl (C=O) groups excluding carboxylic acids is 1. The largest absolute Gasteiger partial charge is 0.484 e. The van der Waals surface area contributed by atoms with Crippen LogP contribution < -0.4 is 15.4 Å². The number of nitrogens with one attached hydrogen (secondary N) is 2. The van der Waals surface area contributed by atoms with Crippen LogP contribution in [0.15, 0.2) is 42.7 Å². The molecule has 2 aromatic rings. The summed E-state index contributed by atoms with van der Waals surface area (Å²) >= 11 is 2.22. The lowest BCUT2D eigenvalue weighted by atomic mass is 10.3. The van der Waals surface area contributed by atoms with E-state index in [1.54, 1.807) is 18.5 Å². The van der Waals surface area contributed by atoms with Crippen LogP contribution in [-0.2, 0) is 4.79 Å². The van der Waals surface area contributed by atoms with E-state index in [0.717, 1.165) is 9.99 Å². The number of rotatable bonds is 8. The summed E-state index contributed by atoms with van der Waals surface area (Å²) in [6.07, 6.45) is 4.14. The normalized spacial score (nSPS) is 10.0. The van der Waals surface area contributed by atoms with Gasteiger partial charge in [0, 0.05) is 29.1 Å². The van der Waals surface area contributed by atoms with Crippen LogP contribution in [0.2, 0.25) is 0 Å². The number of halogens is 1. The fraction of sp³-hybridized carbons (Fsp3) is 0.267. The van der Waals surface area contributed by atoms with Gasteiger partial charge in [-0.15, -0.1) is 0 Å². The molecule has 0 saturated heterocycles. The van der Waals surface area contributed by atoms with Gasteiger partial charge in [-0.2, -0.15) is 0 Å². The highest BCUT2D eigenvalue weighted by Gasteiger charge is 2.02. The van der Waals surface area contributed by atoms with Crippen molar-refractivity contribution < 1.29 is 9.53 Å². The number of hydrogen-bond acceptors (Lipinski definition) is 5. The Balaban J connectivity index is 1.55. The molecule has 1 amide bonds. The lowest BCUT2D eigenvalue weighted by Crippen LogP contribution is -2.30. The first-order valence-corrected chi connectivity index (χ1v) is 7.98. The molecule has 0 unspecified atom stereocenters. The van der Waals surface area contributed by atoms with Crippen LogP contribution in [0.1, 0.15) is 6.42 Å². The minimum Gasteiger partial charge on any atom is -0.484 e. The molecular formula is C15H17IN4O2. The van der Waals surface area contributed by atoms with E-state index in [4.69, 9.17) is 4.74 Å². The second-order valence-electron chi connectivity index (χ2n) is 4.45. The molecule has 22 heavy (non-hydrogen) atoms. The van der Waals surface area contributed by atoms with Gasteiger partial charge in [0.2, 0.25) is 5.95 Å². The Bertz CT molecular complexity index is 578. The van der Waals surface area contributed by atoms with Gasteiger partial charge in [0.15, 0.2) is 6.61 Å². The number of hydrogen-bond donors (Lipinski definition) is 2. The van der Waals surface area contributed by atoms with Crippen LogP contribution >= 0.6 is 22.6 Å². The maximum absolute atomic E-state index is 11.6. The first kappa shape index (κ1) is 16.5. The van der Waals surface area contributed by atoms with Crippen molar-refractivity contribution >= 4 is 34.4 Å². The van der Waals surface area contributed by atoms with Crippen molar-refractivity contribution in [1.29, 1.82) is 0 Å². The maximum atomic E-state index is 11.6. The van der Waals surface area contributed by atoms with Gasteiger partial charge in [-0.1, -0.05) is 0 Å². The number of aromatic nitrogens is 2. The standard InChI is InChI=1S/C15H17IN4O2/c16-12-3-5-13(6-4-12)22-11-14(21)17-7-1-8-18-15-19-9-2-10-20-15/h2-6,9-10H,1,7-8,11H2,(H,17,21)(H,18,19,20). The number of anilines is 1. The van der Waals surface area contributed by atoms with Gasteiger partial charge in [-0.25, -0.2) is 9.97 Å². The molecule has 2 rings (SSSR count). The van der Waals surface area contributed by atoms with Crippen molar-refractivity contribution in [2.75, 3.05) is 25.0 Å². The summed E-state index contributed by atoms with van der Waals surface area (Å²) in [6.45, 7) is 1.30. The Hall–Kier alpha value is -1.90. The third-order valence-electron chi connectivity index (χ3n) is 2.71. The predicted molar refractivity (Wildman–Crippen MR) is 92.8 cm³/mol. The Kier molecular flexibility index (Phi) is 6.88. The Morgan fingerprint density at radius 1 is 1.14 bits per heavy atom. The molecule has 0 aliphatic heterocycles. The van der Waals surface area contributed by atoms with E-state index in [1.807, 2.05) is 24.3 Å². The third kappa shape index (κ3) is 6.25. The molecule has 1 heterocycles. The molecule has 0 spiro atoms. The third-order valence-corrected chi connectivity index (χ3v) is 3.43. The lowest BCUT2D eigenvalue weighted by Gasteiger charge is -2.08. The SMILES string of the molecule is O=C(COc1ccc(I)cc1)NCCCNc1ncccn1. The van der Waals surface area contributed by atoms with Crippen LogP contribution in [0.5, 0.6) is 5.75 Å². The molecule has 6 nitrogen and oxygen atoms in total.